The highest BCUT2D eigenvalue weighted by molar-refractivity contribution is 7.79. The quantitative estimate of drug-likeness (QED) is 0.294. The maximum absolute atomic E-state index is 11.0. The molecule has 0 aliphatic rings. The summed E-state index contributed by atoms with van der Waals surface area (Å²) in [6, 6.07) is 32.1. The molecular formula is C27H23O4S-. The molecule has 4 nitrogen and oxygen atoms in total. The Hall–Kier alpha value is -3.41. The highest BCUT2D eigenvalue weighted by Crippen LogP contribution is 2.34. The molecule has 1 unspecified atom stereocenters. The van der Waals surface area contributed by atoms with Crippen LogP contribution in [0.15, 0.2) is 108 Å². The van der Waals surface area contributed by atoms with Crippen molar-refractivity contribution in [1.82, 2.24) is 0 Å². The molecule has 0 saturated carbocycles. The van der Waals surface area contributed by atoms with Crippen LogP contribution in [0.2, 0.25) is 0 Å². The number of hydrogen-bond acceptors (Lipinski definition) is 4. The van der Waals surface area contributed by atoms with Gasteiger partial charge in [0.25, 0.3) is 0 Å². The Labute approximate surface area is 190 Å². The fourth-order valence-corrected chi connectivity index (χ4v) is 3.78. The third-order valence-electron chi connectivity index (χ3n) is 5.38. The van der Waals surface area contributed by atoms with E-state index in [0.29, 0.717) is 11.5 Å². The molecule has 0 aliphatic heterocycles. The molecule has 0 amide bonds. The summed E-state index contributed by atoms with van der Waals surface area (Å²) in [4.78, 5) is 0.231. The molecular weight excluding hydrogens is 420 g/mol. The second-order valence-electron chi connectivity index (χ2n) is 7.90. The summed E-state index contributed by atoms with van der Waals surface area (Å²) in [6.45, 7) is 4.36. The van der Waals surface area contributed by atoms with Gasteiger partial charge >= 0.3 is 0 Å². The molecule has 162 valence electrons. The lowest BCUT2D eigenvalue weighted by Gasteiger charge is -2.26. The van der Waals surface area contributed by atoms with Gasteiger partial charge in [-0.05, 0) is 82.9 Å². The normalized spacial score (nSPS) is 12.2. The predicted molar refractivity (Wildman–Crippen MR) is 125 cm³/mol. The molecule has 0 spiro atoms. The average Bonchev–Trinajstić information content (AvgIpc) is 2.81. The number of hydrogen-bond donors (Lipinski definition) is 0. The first-order valence-electron chi connectivity index (χ1n) is 10.2. The van der Waals surface area contributed by atoms with Crippen LogP contribution in [0.4, 0.5) is 0 Å². The fraction of sp³-hybridized carbons (Fsp3) is 0.111. The lowest BCUT2D eigenvalue weighted by Crippen LogP contribution is -2.18. The Morgan fingerprint density at radius 2 is 0.969 bits per heavy atom. The second kappa shape index (κ2) is 9.39. The summed E-state index contributed by atoms with van der Waals surface area (Å²) < 4.78 is 33.7. The van der Waals surface area contributed by atoms with E-state index in [1.807, 2.05) is 66.7 Å². The van der Waals surface area contributed by atoms with Gasteiger partial charge in [0.2, 0.25) is 0 Å². The molecule has 0 radical (unpaired) electrons. The van der Waals surface area contributed by atoms with Crippen molar-refractivity contribution < 1.29 is 18.2 Å². The van der Waals surface area contributed by atoms with Crippen LogP contribution < -0.4 is 9.47 Å². The number of rotatable bonds is 7. The number of para-hydroxylation sites is 1. The zero-order valence-electron chi connectivity index (χ0n) is 17.9. The molecule has 1 atom stereocenters. The third kappa shape index (κ3) is 5.07. The van der Waals surface area contributed by atoms with E-state index in [9.17, 15) is 8.76 Å². The van der Waals surface area contributed by atoms with E-state index in [-0.39, 0.29) is 10.3 Å². The van der Waals surface area contributed by atoms with Crippen molar-refractivity contribution in [3.63, 3.8) is 0 Å². The Balaban J connectivity index is 1.45. The summed E-state index contributed by atoms with van der Waals surface area (Å²) >= 11 is -2.24. The van der Waals surface area contributed by atoms with E-state index in [4.69, 9.17) is 9.47 Å². The third-order valence-corrected chi connectivity index (χ3v) is 6.04. The van der Waals surface area contributed by atoms with Gasteiger partial charge < -0.3 is 14.0 Å². The smallest absolute Gasteiger partial charge is 0.127 e. The van der Waals surface area contributed by atoms with Gasteiger partial charge in [0.1, 0.15) is 23.0 Å². The fourth-order valence-electron chi connectivity index (χ4n) is 3.43. The van der Waals surface area contributed by atoms with Gasteiger partial charge in [-0.2, -0.15) is 0 Å². The van der Waals surface area contributed by atoms with Crippen molar-refractivity contribution in [1.29, 1.82) is 0 Å². The minimum atomic E-state index is -2.24. The second-order valence-corrected chi connectivity index (χ2v) is 8.84. The van der Waals surface area contributed by atoms with Crippen molar-refractivity contribution in [2.45, 2.75) is 24.2 Å². The average molecular weight is 444 g/mol. The topological polar surface area (TPSA) is 58.6 Å². The van der Waals surface area contributed by atoms with Crippen LogP contribution in [0, 0.1) is 0 Å². The molecule has 4 rings (SSSR count). The van der Waals surface area contributed by atoms with Crippen LogP contribution in [-0.4, -0.2) is 8.76 Å². The van der Waals surface area contributed by atoms with E-state index >= 15 is 0 Å². The first-order valence-corrected chi connectivity index (χ1v) is 11.3. The summed E-state index contributed by atoms with van der Waals surface area (Å²) in [5, 5.41) is 0. The first-order chi connectivity index (χ1) is 15.4. The molecule has 0 bridgehead atoms. The van der Waals surface area contributed by atoms with Gasteiger partial charge in [0.15, 0.2) is 0 Å². The Morgan fingerprint density at radius 3 is 1.38 bits per heavy atom. The lowest BCUT2D eigenvalue weighted by molar-refractivity contribution is 0.481. The van der Waals surface area contributed by atoms with Crippen LogP contribution in [0.5, 0.6) is 23.0 Å². The summed E-state index contributed by atoms with van der Waals surface area (Å²) in [6.07, 6.45) is 0. The SMILES string of the molecule is CC(C)(c1ccc(Oc2ccccc2)cc1)c1ccc(Oc2ccc(S(=O)[O-])cc2)cc1. The van der Waals surface area contributed by atoms with Gasteiger partial charge in [0, 0.05) is 10.3 Å². The van der Waals surface area contributed by atoms with E-state index in [1.165, 1.54) is 17.7 Å². The van der Waals surface area contributed by atoms with Crippen molar-refractivity contribution in [2.24, 2.45) is 0 Å². The molecule has 0 fully saturated rings. The zero-order valence-corrected chi connectivity index (χ0v) is 18.7. The van der Waals surface area contributed by atoms with Crippen LogP contribution in [-0.2, 0) is 16.5 Å². The van der Waals surface area contributed by atoms with Gasteiger partial charge in [-0.1, -0.05) is 56.3 Å². The number of ether oxygens (including phenoxy) is 2. The lowest BCUT2D eigenvalue weighted by atomic mass is 9.78. The summed E-state index contributed by atoms with van der Waals surface area (Å²) in [5.41, 5.74) is 2.12. The van der Waals surface area contributed by atoms with Crippen LogP contribution in [0.3, 0.4) is 0 Å². The molecule has 4 aromatic carbocycles. The maximum atomic E-state index is 11.0. The van der Waals surface area contributed by atoms with E-state index < -0.39 is 11.1 Å². The highest BCUT2D eigenvalue weighted by atomic mass is 32.2. The summed E-state index contributed by atoms with van der Waals surface area (Å²) in [5.74, 6) is 2.88. The molecule has 0 aliphatic carbocycles. The number of benzene rings is 4. The molecule has 32 heavy (non-hydrogen) atoms. The minimum Gasteiger partial charge on any atom is -0.768 e. The molecule has 0 N–H and O–H groups in total. The van der Waals surface area contributed by atoms with Crippen LogP contribution in [0.1, 0.15) is 25.0 Å². The van der Waals surface area contributed by atoms with Crippen LogP contribution in [0.25, 0.3) is 0 Å². The predicted octanol–water partition coefficient (Wildman–Crippen LogP) is 6.84. The minimum absolute atomic E-state index is 0.205. The van der Waals surface area contributed by atoms with Crippen LogP contribution >= 0.6 is 0 Å². The molecule has 0 heterocycles. The summed E-state index contributed by atoms with van der Waals surface area (Å²) in [7, 11) is 0. The van der Waals surface area contributed by atoms with Gasteiger partial charge in [0.05, 0.1) is 0 Å². The van der Waals surface area contributed by atoms with E-state index in [2.05, 4.69) is 26.0 Å². The van der Waals surface area contributed by atoms with Crippen molar-refractivity contribution in [3.05, 3.63) is 114 Å². The van der Waals surface area contributed by atoms with Gasteiger partial charge in [-0.3, -0.25) is 4.21 Å². The molecule has 4 aromatic rings. The standard InChI is InChI=1S/C27H24O4S/c1-27(2,20-8-12-23(13-9-20)30-22-6-4-3-5-7-22)21-10-14-24(15-11-21)31-25-16-18-26(19-17-25)32(28)29/h3-19H,1-2H3,(H,28,29)/p-1. The maximum Gasteiger partial charge on any atom is 0.127 e. The zero-order chi connectivity index (χ0) is 22.6. The molecule has 0 saturated heterocycles. The van der Waals surface area contributed by atoms with E-state index in [0.717, 1.165) is 17.1 Å². The van der Waals surface area contributed by atoms with Gasteiger partial charge in [-0.25, -0.2) is 0 Å². The van der Waals surface area contributed by atoms with Crippen molar-refractivity contribution in [3.8, 4) is 23.0 Å². The highest BCUT2D eigenvalue weighted by Gasteiger charge is 2.23. The Morgan fingerprint density at radius 1 is 0.594 bits per heavy atom. The molecule has 5 heteroatoms. The van der Waals surface area contributed by atoms with E-state index in [1.54, 1.807) is 12.1 Å². The van der Waals surface area contributed by atoms with Gasteiger partial charge in [-0.15, -0.1) is 0 Å². The first kappa shape index (κ1) is 21.8. The Kier molecular flexibility index (Phi) is 6.40. The largest absolute Gasteiger partial charge is 0.768 e. The van der Waals surface area contributed by atoms with Crippen molar-refractivity contribution in [2.75, 3.05) is 0 Å². The Bertz CT molecular complexity index is 1180. The molecule has 0 aromatic heterocycles. The monoisotopic (exact) mass is 443 g/mol. The van der Waals surface area contributed by atoms with Crippen molar-refractivity contribution >= 4 is 11.1 Å².